The molecular weight excluding hydrogens is 417 g/mol. The summed E-state index contributed by atoms with van der Waals surface area (Å²) in [5, 5.41) is 3.02. The van der Waals surface area contributed by atoms with Gasteiger partial charge >= 0.3 is 6.18 Å². The van der Waals surface area contributed by atoms with Gasteiger partial charge in [-0.15, -0.1) is 0 Å². The number of aryl methyl sites for hydroxylation is 2. The van der Waals surface area contributed by atoms with Crippen LogP contribution in [0, 0.1) is 13.8 Å². The third-order valence-corrected chi connectivity index (χ3v) is 5.42. The molecule has 1 amide bonds. The number of pyridine rings is 1. The summed E-state index contributed by atoms with van der Waals surface area (Å²) in [5.41, 5.74) is 1.05. The Labute approximate surface area is 181 Å². The highest BCUT2D eigenvalue weighted by molar-refractivity contribution is 6.12. The van der Waals surface area contributed by atoms with Crippen LogP contribution in [0.25, 0.3) is 16.5 Å². The normalized spacial score (nSPS) is 11.5. The molecule has 0 unspecified atom stereocenters. The van der Waals surface area contributed by atoms with E-state index in [9.17, 15) is 22.8 Å². The quantitative estimate of drug-likeness (QED) is 0.436. The summed E-state index contributed by atoms with van der Waals surface area (Å²) >= 11 is 0. The molecular formula is C25H19F3N2O2. The van der Waals surface area contributed by atoms with Crippen molar-refractivity contribution in [3.05, 3.63) is 106 Å². The molecule has 4 rings (SSSR count). The van der Waals surface area contributed by atoms with E-state index in [4.69, 9.17) is 0 Å². The van der Waals surface area contributed by atoms with Crippen molar-refractivity contribution >= 4 is 22.4 Å². The van der Waals surface area contributed by atoms with E-state index >= 15 is 0 Å². The van der Waals surface area contributed by atoms with E-state index in [1.807, 2.05) is 26.0 Å². The molecule has 0 fully saturated rings. The topological polar surface area (TPSA) is 51.1 Å². The Kier molecular flexibility index (Phi) is 5.34. The number of halogens is 3. The van der Waals surface area contributed by atoms with Gasteiger partial charge in [0.2, 0.25) is 0 Å². The van der Waals surface area contributed by atoms with Gasteiger partial charge in [0, 0.05) is 22.7 Å². The summed E-state index contributed by atoms with van der Waals surface area (Å²) < 4.78 is 41.4. The van der Waals surface area contributed by atoms with Crippen LogP contribution in [0.2, 0.25) is 0 Å². The van der Waals surface area contributed by atoms with Gasteiger partial charge in [0.25, 0.3) is 11.5 Å². The van der Waals surface area contributed by atoms with E-state index in [0.717, 1.165) is 17.2 Å². The van der Waals surface area contributed by atoms with Crippen LogP contribution in [0.15, 0.2) is 77.7 Å². The zero-order valence-electron chi connectivity index (χ0n) is 17.3. The molecule has 7 heteroatoms. The Hall–Kier alpha value is -3.87. The Bertz CT molecular complexity index is 1400. The molecule has 4 aromatic rings. The van der Waals surface area contributed by atoms with Gasteiger partial charge in [-0.25, -0.2) is 0 Å². The third kappa shape index (κ3) is 3.89. The predicted molar refractivity (Wildman–Crippen MR) is 118 cm³/mol. The summed E-state index contributed by atoms with van der Waals surface area (Å²) in [4.78, 5) is 26.3. The van der Waals surface area contributed by atoms with E-state index in [1.54, 1.807) is 30.3 Å². The van der Waals surface area contributed by atoms with Crippen molar-refractivity contribution in [1.29, 1.82) is 0 Å². The molecule has 0 bridgehead atoms. The predicted octanol–water partition coefficient (Wildman–Crippen LogP) is 5.88. The van der Waals surface area contributed by atoms with Crippen molar-refractivity contribution in [2.75, 3.05) is 5.32 Å². The van der Waals surface area contributed by atoms with Crippen LogP contribution < -0.4 is 10.9 Å². The first-order chi connectivity index (χ1) is 15.2. The lowest BCUT2D eigenvalue weighted by Gasteiger charge is -2.16. The zero-order valence-corrected chi connectivity index (χ0v) is 17.3. The van der Waals surface area contributed by atoms with E-state index < -0.39 is 17.6 Å². The first-order valence-electron chi connectivity index (χ1n) is 9.86. The molecule has 0 spiro atoms. The van der Waals surface area contributed by atoms with Gasteiger partial charge in [0.1, 0.15) is 0 Å². The molecule has 0 atom stereocenters. The number of anilines is 1. The fraction of sp³-hybridized carbons (Fsp3) is 0.120. The molecule has 0 saturated carbocycles. The van der Waals surface area contributed by atoms with Crippen molar-refractivity contribution < 1.29 is 18.0 Å². The summed E-state index contributed by atoms with van der Waals surface area (Å²) in [5.74, 6) is -0.740. The van der Waals surface area contributed by atoms with Crippen molar-refractivity contribution in [3.63, 3.8) is 0 Å². The summed E-state index contributed by atoms with van der Waals surface area (Å²) in [6.07, 6.45) is -3.25. The average molecular weight is 436 g/mol. The average Bonchev–Trinajstić information content (AvgIpc) is 2.76. The number of alkyl halides is 3. The van der Waals surface area contributed by atoms with Crippen LogP contribution in [-0.4, -0.2) is 10.5 Å². The van der Waals surface area contributed by atoms with Crippen molar-refractivity contribution in [3.8, 4) is 5.69 Å². The second kappa shape index (κ2) is 8.00. The Balaban J connectivity index is 1.88. The first kappa shape index (κ1) is 21.4. The third-order valence-electron chi connectivity index (χ3n) is 5.42. The highest BCUT2D eigenvalue weighted by Crippen LogP contribution is 2.35. The molecule has 1 aromatic heterocycles. The van der Waals surface area contributed by atoms with Crippen molar-refractivity contribution in [1.82, 2.24) is 4.57 Å². The van der Waals surface area contributed by atoms with Crippen LogP contribution in [-0.2, 0) is 6.18 Å². The summed E-state index contributed by atoms with van der Waals surface area (Å²) in [6.45, 7) is 3.85. The number of carbonyl (C=O) groups is 1. The fourth-order valence-corrected chi connectivity index (χ4v) is 3.57. The minimum absolute atomic E-state index is 0.0930. The lowest BCUT2D eigenvalue weighted by Crippen LogP contribution is -2.23. The number of hydrogen-bond donors (Lipinski definition) is 1. The number of nitrogens with zero attached hydrogens (tertiary/aromatic N) is 1. The van der Waals surface area contributed by atoms with Crippen LogP contribution >= 0.6 is 0 Å². The maximum atomic E-state index is 13.4. The lowest BCUT2D eigenvalue weighted by molar-refractivity contribution is -0.136. The number of hydrogen-bond acceptors (Lipinski definition) is 2. The van der Waals surface area contributed by atoms with Gasteiger partial charge in [-0.2, -0.15) is 13.2 Å². The molecule has 0 aliphatic heterocycles. The molecule has 4 nitrogen and oxygen atoms in total. The Morgan fingerprint density at radius 1 is 0.875 bits per heavy atom. The van der Waals surface area contributed by atoms with Crippen molar-refractivity contribution in [2.24, 2.45) is 0 Å². The molecule has 0 aliphatic carbocycles. The standard InChI is InChI=1S/C25H19F3N2O2/c1-15-11-12-17(13-16(15)2)30-14-20(18-7-3-4-8-19(18)24(30)32)23(31)29-22-10-6-5-9-21(22)25(26,27)28/h3-14H,1-2H3,(H,29,31). The fourth-order valence-electron chi connectivity index (χ4n) is 3.57. The molecule has 32 heavy (non-hydrogen) atoms. The van der Waals surface area contributed by atoms with Crippen LogP contribution in [0.3, 0.4) is 0 Å². The Morgan fingerprint density at radius 3 is 2.22 bits per heavy atom. The van der Waals surface area contributed by atoms with Gasteiger partial charge in [-0.3, -0.25) is 14.2 Å². The molecule has 1 N–H and O–H groups in total. The molecule has 0 saturated heterocycles. The summed E-state index contributed by atoms with van der Waals surface area (Å²) in [6, 6.07) is 16.8. The van der Waals surface area contributed by atoms with E-state index in [1.165, 1.54) is 29.0 Å². The SMILES string of the molecule is Cc1ccc(-n2cc(C(=O)Nc3ccccc3C(F)(F)F)c3ccccc3c2=O)cc1C. The van der Waals surface area contributed by atoms with Gasteiger partial charge in [-0.1, -0.05) is 36.4 Å². The van der Waals surface area contributed by atoms with E-state index in [2.05, 4.69) is 5.32 Å². The van der Waals surface area contributed by atoms with E-state index in [0.29, 0.717) is 16.5 Å². The summed E-state index contributed by atoms with van der Waals surface area (Å²) in [7, 11) is 0. The van der Waals surface area contributed by atoms with Crippen LogP contribution in [0.4, 0.5) is 18.9 Å². The minimum Gasteiger partial charge on any atom is -0.321 e. The number of fused-ring (bicyclic) bond motifs is 1. The number of benzene rings is 3. The maximum Gasteiger partial charge on any atom is 0.418 e. The number of aromatic nitrogens is 1. The number of carbonyl (C=O) groups excluding carboxylic acids is 1. The largest absolute Gasteiger partial charge is 0.418 e. The highest BCUT2D eigenvalue weighted by atomic mass is 19.4. The van der Waals surface area contributed by atoms with Crippen molar-refractivity contribution in [2.45, 2.75) is 20.0 Å². The number of rotatable bonds is 3. The molecule has 0 radical (unpaired) electrons. The number of nitrogens with one attached hydrogen (secondary N) is 1. The lowest BCUT2D eigenvalue weighted by atomic mass is 10.0. The van der Waals surface area contributed by atoms with Gasteiger partial charge in [0.15, 0.2) is 0 Å². The molecule has 0 aliphatic rings. The number of amides is 1. The molecule has 3 aromatic carbocycles. The zero-order chi connectivity index (χ0) is 23.0. The highest BCUT2D eigenvalue weighted by Gasteiger charge is 2.33. The first-order valence-corrected chi connectivity index (χ1v) is 9.86. The van der Waals surface area contributed by atoms with Gasteiger partial charge < -0.3 is 5.32 Å². The van der Waals surface area contributed by atoms with E-state index in [-0.39, 0.29) is 16.8 Å². The van der Waals surface area contributed by atoms with Crippen LogP contribution in [0.5, 0.6) is 0 Å². The molecule has 162 valence electrons. The van der Waals surface area contributed by atoms with Gasteiger partial charge in [-0.05, 0) is 55.3 Å². The van der Waals surface area contributed by atoms with Gasteiger partial charge in [0.05, 0.1) is 16.8 Å². The monoisotopic (exact) mass is 436 g/mol. The minimum atomic E-state index is -4.62. The smallest absolute Gasteiger partial charge is 0.321 e. The van der Waals surface area contributed by atoms with Crippen LogP contribution in [0.1, 0.15) is 27.0 Å². The molecule has 1 heterocycles. The maximum absolute atomic E-state index is 13.4. The number of para-hydroxylation sites is 1. The Morgan fingerprint density at radius 2 is 1.53 bits per heavy atom. The second-order valence-corrected chi connectivity index (χ2v) is 7.53. The second-order valence-electron chi connectivity index (χ2n) is 7.53.